The van der Waals surface area contributed by atoms with Gasteiger partial charge in [0.15, 0.2) is 0 Å². The molecule has 0 unspecified atom stereocenters. The number of benzene rings is 1. The van der Waals surface area contributed by atoms with Gasteiger partial charge in [0.2, 0.25) is 0 Å². The maximum atomic E-state index is 9.36. The predicted molar refractivity (Wildman–Crippen MR) is 84.0 cm³/mol. The average Bonchev–Trinajstić information content (AvgIpc) is 2.44. The van der Waals surface area contributed by atoms with E-state index in [-0.39, 0.29) is 0 Å². The van der Waals surface area contributed by atoms with E-state index >= 15 is 0 Å². The highest BCUT2D eigenvalue weighted by molar-refractivity contribution is 5.18. The summed E-state index contributed by atoms with van der Waals surface area (Å²) in [5, 5.41) is 9.36. The number of hydrogen-bond acceptors (Lipinski definition) is 3. The summed E-state index contributed by atoms with van der Waals surface area (Å²) in [6.07, 6.45) is 3.84. The molecule has 4 aliphatic rings. The number of rotatable bonds is 5. The van der Waals surface area contributed by atoms with E-state index in [4.69, 9.17) is 0 Å². The van der Waals surface area contributed by atoms with Crippen LogP contribution in [-0.2, 0) is 6.54 Å². The minimum Gasteiger partial charge on any atom is -0.396 e. The normalized spacial score (nSPS) is 36.0. The van der Waals surface area contributed by atoms with Gasteiger partial charge in [0.25, 0.3) is 0 Å². The summed E-state index contributed by atoms with van der Waals surface area (Å²) in [5.41, 5.74) is 2.37. The number of aliphatic hydroxyl groups is 1. The lowest BCUT2D eigenvalue weighted by molar-refractivity contribution is -0.232. The molecule has 1 N–H and O–H groups in total. The molecular weight excluding hydrogens is 260 g/mol. The second-order valence-corrected chi connectivity index (χ2v) is 7.73. The van der Waals surface area contributed by atoms with Gasteiger partial charge < -0.3 is 10.0 Å². The van der Waals surface area contributed by atoms with Crippen LogP contribution >= 0.6 is 0 Å². The Kier molecular flexibility index (Phi) is 3.32. The van der Waals surface area contributed by atoms with Crippen molar-refractivity contribution in [1.29, 1.82) is 0 Å². The molecular formula is C18H26N2O. The van der Waals surface area contributed by atoms with Gasteiger partial charge >= 0.3 is 0 Å². The Morgan fingerprint density at radius 1 is 0.857 bits per heavy atom. The Morgan fingerprint density at radius 3 is 2.10 bits per heavy atom. The van der Waals surface area contributed by atoms with Crippen molar-refractivity contribution in [3.63, 3.8) is 0 Å². The minimum atomic E-state index is 0.356. The summed E-state index contributed by atoms with van der Waals surface area (Å²) in [6, 6.07) is 10.8. The van der Waals surface area contributed by atoms with Crippen LogP contribution in [0.5, 0.6) is 0 Å². The van der Waals surface area contributed by atoms with Crippen molar-refractivity contribution in [2.45, 2.75) is 25.8 Å². The Balaban J connectivity index is 1.23. The fourth-order valence-corrected chi connectivity index (χ4v) is 4.99. The van der Waals surface area contributed by atoms with Crippen LogP contribution in [0.15, 0.2) is 30.3 Å². The van der Waals surface area contributed by atoms with Gasteiger partial charge in [0.05, 0.1) is 0 Å². The lowest BCUT2D eigenvalue weighted by Crippen LogP contribution is -2.67. The molecule has 114 valence electrons. The quantitative estimate of drug-likeness (QED) is 0.896. The number of hydrogen-bond donors (Lipinski definition) is 1. The molecule has 0 aromatic heterocycles. The summed E-state index contributed by atoms with van der Waals surface area (Å²) in [7, 11) is 0. The molecule has 1 aromatic carbocycles. The third-order valence-corrected chi connectivity index (χ3v) is 5.86. The third-order valence-electron chi connectivity index (χ3n) is 5.86. The smallest absolute Gasteiger partial charge is 0.0488 e. The van der Waals surface area contributed by atoms with E-state index in [1.54, 1.807) is 0 Å². The zero-order valence-corrected chi connectivity index (χ0v) is 12.8. The van der Waals surface area contributed by atoms with Gasteiger partial charge in [-0.3, -0.25) is 4.90 Å². The first-order chi connectivity index (χ1) is 10.2. The van der Waals surface area contributed by atoms with Crippen LogP contribution in [0.1, 0.15) is 24.8 Å². The molecule has 3 saturated carbocycles. The second kappa shape index (κ2) is 5.08. The van der Waals surface area contributed by atoms with Gasteiger partial charge in [-0.2, -0.15) is 0 Å². The summed E-state index contributed by atoms with van der Waals surface area (Å²) < 4.78 is 0. The van der Waals surface area contributed by atoms with Crippen molar-refractivity contribution in [2.75, 3.05) is 39.3 Å². The van der Waals surface area contributed by atoms with E-state index in [9.17, 15) is 5.11 Å². The van der Waals surface area contributed by atoms with Gasteiger partial charge in [0, 0.05) is 45.9 Å². The van der Waals surface area contributed by atoms with E-state index in [2.05, 4.69) is 40.1 Å². The van der Waals surface area contributed by atoms with Crippen molar-refractivity contribution in [1.82, 2.24) is 9.80 Å². The molecule has 5 rings (SSSR count). The van der Waals surface area contributed by atoms with Gasteiger partial charge in [-0.25, -0.2) is 0 Å². The van der Waals surface area contributed by atoms with Gasteiger partial charge in [-0.1, -0.05) is 30.3 Å². The largest absolute Gasteiger partial charge is 0.396 e. The maximum Gasteiger partial charge on any atom is 0.0488 e. The first-order valence-electron chi connectivity index (χ1n) is 8.31. The van der Waals surface area contributed by atoms with Crippen LogP contribution in [0.2, 0.25) is 0 Å². The standard InChI is InChI=1S/C18H26N2O/c21-15-18-11-17(12-18,13-18)14-20-8-6-19(7-9-20)10-16-4-2-1-3-5-16/h1-5,21H,6-15H2. The molecule has 1 aromatic rings. The first-order valence-corrected chi connectivity index (χ1v) is 8.31. The molecule has 0 amide bonds. The Labute approximate surface area is 127 Å². The van der Waals surface area contributed by atoms with Crippen LogP contribution in [0.4, 0.5) is 0 Å². The molecule has 0 radical (unpaired) electrons. The van der Waals surface area contributed by atoms with Crippen molar-refractivity contribution in [3.8, 4) is 0 Å². The number of piperazine rings is 1. The van der Waals surface area contributed by atoms with Crippen molar-refractivity contribution < 1.29 is 5.11 Å². The second-order valence-electron chi connectivity index (χ2n) is 7.73. The molecule has 4 fully saturated rings. The van der Waals surface area contributed by atoms with Crippen LogP contribution in [-0.4, -0.2) is 54.2 Å². The highest BCUT2D eigenvalue weighted by atomic mass is 16.3. The van der Waals surface area contributed by atoms with Crippen LogP contribution < -0.4 is 0 Å². The molecule has 3 aliphatic carbocycles. The molecule has 0 atom stereocenters. The molecule has 0 spiro atoms. The summed E-state index contributed by atoms with van der Waals surface area (Å²) >= 11 is 0. The first kappa shape index (κ1) is 13.7. The summed E-state index contributed by atoms with van der Waals surface area (Å²) in [6.45, 7) is 7.58. The number of nitrogens with zero attached hydrogens (tertiary/aromatic N) is 2. The Morgan fingerprint density at radius 2 is 1.48 bits per heavy atom. The monoisotopic (exact) mass is 286 g/mol. The molecule has 1 saturated heterocycles. The predicted octanol–water partition coefficient (Wildman–Crippen LogP) is 1.97. The lowest BCUT2D eigenvalue weighted by Gasteiger charge is -2.71. The topological polar surface area (TPSA) is 26.7 Å². The van der Waals surface area contributed by atoms with E-state index in [0.717, 1.165) is 6.54 Å². The Bertz CT molecular complexity index is 473. The van der Waals surface area contributed by atoms with Crippen molar-refractivity contribution >= 4 is 0 Å². The van der Waals surface area contributed by atoms with E-state index in [0.29, 0.717) is 17.4 Å². The van der Waals surface area contributed by atoms with Gasteiger partial charge in [0.1, 0.15) is 0 Å². The molecule has 1 aliphatic heterocycles. The molecule has 2 bridgehead atoms. The Hall–Kier alpha value is -0.900. The zero-order valence-electron chi connectivity index (χ0n) is 12.8. The fraction of sp³-hybridized carbons (Fsp3) is 0.667. The minimum absolute atomic E-state index is 0.356. The maximum absolute atomic E-state index is 9.36. The molecule has 3 heteroatoms. The molecule has 1 heterocycles. The lowest BCUT2D eigenvalue weighted by atomic mass is 9.35. The average molecular weight is 286 g/mol. The highest BCUT2D eigenvalue weighted by Crippen LogP contribution is 2.73. The molecule has 21 heavy (non-hydrogen) atoms. The van der Waals surface area contributed by atoms with Gasteiger partial charge in [-0.05, 0) is 35.7 Å². The fourth-order valence-electron chi connectivity index (χ4n) is 4.99. The van der Waals surface area contributed by atoms with E-state index < -0.39 is 0 Å². The van der Waals surface area contributed by atoms with Crippen LogP contribution in [0, 0.1) is 10.8 Å². The highest BCUT2D eigenvalue weighted by Gasteiger charge is 2.67. The van der Waals surface area contributed by atoms with Crippen molar-refractivity contribution in [2.24, 2.45) is 10.8 Å². The molecule has 3 nitrogen and oxygen atoms in total. The van der Waals surface area contributed by atoms with Crippen LogP contribution in [0.25, 0.3) is 0 Å². The van der Waals surface area contributed by atoms with E-state index in [1.165, 1.54) is 57.5 Å². The number of aliphatic hydroxyl groups excluding tert-OH is 1. The summed E-state index contributed by atoms with van der Waals surface area (Å²) in [5.74, 6) is 0. The van der Waals surface area contributed by atoms with Crippen LogP contribution in [0.3, 0.4) is 0 Å². The summed E-state index contributed by atoms with van der Waals surface area (Å²) in [4.78, 5) is 5.23. The zero-order chi connectivity index (χ0) is 14.3. The van der Waals surface area contributed by atoms with E-state index in [1.807, 2.05) is 0 Å². The van der Waals surface area contributed by atoms with Crippen molar-refractivity contribution in [3.05, 3.63) is 35.9 Å². The third kappa shape index (κ3) is 2.52. The van der Waals surface area contributed by atoms with Gasteiger partial charge in [-0.15, -0.1) is 0 Å². The SMILES string of the molecule is OCC12CC(CN3CCN(Cc4ccccc4)CC3)(C1)C2.